The molecule has 0 radical (unpaired) electrons. The summed E-state index contributed by atoms with van der Waals surface area (Å²) >= 11 is 0. The van der Waals surface area contributed by atoms with Gasteiger partial charge in [-0.15, -0.1) is 0 Å². The standard InChI is InChI=1S/C10H16F6N2O/c1-3-8(4-2,5-17)18-7(19)6(9(11,12)13)10(14,15)16/h6H,3-5,17H2,1-2H3,(H,18,19). The van der Waals surface area contributed by atoms with E-state index in [-0.39, 0.29) is 19.4 Å². The molecule has 3 N–H and O–H groups in total. The quantitative estimate of drug-likeness (QED) is 0.765. The third kappa shape index (κ3) is 4.55. The average Bonchev–Trinajstić information content (AvgIpc) is 2.22. The van der Waals surface area contributed by atoms with E-state index in [1.165, 1.54) is 13.8 Å². The first-order valence-corrected chi connectivity index (χ1v) is 5.59. The van der Waals surface area contributed by atoms with E-state index in [4.69, 9.17) is 5.73 Å². The molecule has 0 aromatic carbocycles. The Morgan fingerprint density at radius 3 is 1.63 bits per heavy atom. The molecule has 0 rings (SSSR count). The Hall–Kier alpha value is -0.990. The zero-order valence-electron chi connectivity index (χ0n) is 10.5. The molecule has 0 spiro atoms. The Morgan fingerprint density at radius 1 is 1.05 bits per heavy atom. The van der Waals surface area contributed by atoms with E-state index in [9.17, 15) is 31.1 Å². The Kier molecular flexibility index (Phi) is 5.66. The van der Waals surface area contributed by atoms with Crippen molar-refractivity contribution in [1.82, 2.24) is 5.32 Å². The normalized spacial score (nSPS) is 13.8. The smallest absolute Gasteiger partial charge is 0.349 e. The lowest BCUT2D eigenvalue weighted by Crippen LogP contribution is -2.58. The number of hydrogen-bond acceptors (Lipinski definition) is 2. The molecule has 114 valence electrons. The number of nitrogens with one attached hydrogen (secondary N) is 1. The maximum absolute atomic E-state index is 12.3. The molecular formula is C10H16F6N2O. The number of carbonyl (C=O) groups excluding carboxylic acids is 1. The van der Waals surface area contributed by atoms with Crippen LogP contribution in [-0.2, 0) is 4.79 Å². The van der Waals surface area contributed by atoms with Crippen molar-refractivity contribution in [3.63, 3.8) is 0 Å². The van der Waals surface area contributed by atoms with Crippen molar-refractivity contribution in [3.05, 3.63) is 0 Å². The monoisotopic (exact) mass is 294 g/mol. The van der Waals surface area contributed by atoms with Gasteiger partial charge in [-0.1, -0.05) is 13.8 Å². The van der Waals surface area contributed by atoms with Crippen molar-refractivity contribution in [3.8, 4) is 0 Å². The molecule has 0 aliphatic rings. The minimum Gasteiger partial charge on any atom is -0.349 e. The van der Waals surface area contributed by atoms with E-state index in [0.717, 1.165) is 0 Å². The fraction of sp³-hybridized carbons (Fsp3) is 0.900. The number of alkyl halides is 6. The summed E-state index contributed by atoms with van der Waals surface area (Å²) in [4.78, 5) is 11.3. The zero-order valence-corrected chi connectivity index (χ0v) is 10.5. The van der Waals surface area contributed by atoms with Crippen LogP contribution in [0.25, 0.3) is 0 Å². The van der Waals surface area contributed by atoms with Gasteiger partial charge in [0.05, 0.1) is 5.54 Å². The van der Waals surface area contributed by atoms with Gasteiger partial charge in [0.25, 0.3) is 0 Å². The number of amides is 1. The SMILES string of the molecule is CCC(CC)(CN)NC(=O)C(C(F)(F)F)C(F)(F)F. The molecule has 0 saturated heterocycles. The fourth-order valence-corrected chi connectivity index (χ4v) is 1.58. The van der Waals surface area contributed by atoms with Gasteiger partial charge in [0.2, 0.25) is 11.8 Å². The number of carbonyl (C=O) groups is 1. The predicted octanol–water partition coefficient (Wildman–Crippen LogP) is 2.36. The van der Waals surface area contributed by atoms with E-state index in [2.05, 4.69) is 0 Å². The van der Waals surface area contributed by atoms with Gasteiger partial charge < -0.3 is 11.1 Å². The van der Waals surface area contributed by atoms with E-state index in [1.54, 1.807) is 5.32 Å². The van der Waals surface area contributed by atoms with Crippen molar-refractivity contribution in [2.24, 2.45) is 11.7 Å². The average molecular weight is 294 g/mol. The van der Waals surface area contributed by atoms with Gasteiger partial charge in [0.1, 0.15) is 0 Å². The van der Waals surface area contributed by atoms with Crippen molar-refractivity contribution >= 4 is 5.91 Å². The summed E-state index contributed by atoms with van der Waals surface area (Å²) in [6.07, 6.45) is -11.1. The van der Waals surface area contributed by atoms with Crippen LogP contribution in [0.2, 0.25) is 0 Å². The van der Waals surface area contributed by atoms with Gasteiger partial charge in [0.15, 0.2) is 0 Å². The van der Waals surface area contributed by atoms with Crippen LogP contribution in [-0.4, -0.2) is 30.3 Å². The molecule has 0 aliphatic carbocycles. The Balaban J connectivity index is 5.25. The van der Waals surface area contributed by atoms with Crippen LogP contribution in [0.1, 0.15) is 26.7 Å². The summed E-state index contributed by atoms with van der Waals surface area (Å²) in [6, 6.07) is 0. The van der Waals surface area contributed by atoms with Gasteiger partial charge in [-0.2, -0.15) is 26.3 Å². The summed E-state index contributed by atoms with van der Waals surface area (Å²) in [7, 11) is 0. The molecule has 0 bridgehead atoms. The summed E-state index contributed by atoms with van der Waals surface area (Å²) in [6.45, 7) is 2.80. The minimum atomic E-state index is -5.69. The van der Waals surface area contributed by atoms with Gasteiger partial charge in [-0.05, 0) is 12.8 Å². The second-order valence-corrected chi connectivity index (χ2v) is 4.20. The van der Waals surface area contributed by atoms with Gasteiger partial charge in [-0.25, -0.2) is 0 Å². The van der Waals surface area contributed by atoms with Crippen LogP contribution in [0.3, 0.4) is 0 Å². The first kappa shape index (κ1) is 18.0. The predicted molar refractivity (Wildman–Crippen MR) is 56.1 cm³/mol. The number of hydrogen-bond donors (Lipinski definition) is 2. The second kappa shape index (κ2) is 5.98. The largest absolute Gasteiger partial charge is 0.409 e. The minimum absolute atomic E-state index is 0.133. The van der Waals surface area contributed by atoms with Crippen molar-refractivity contribution in [1.29, 1.82) is 0 Å². The number of halogens is 6. The lowest BCUT2D eigenvalue weighted by molar-refractivity contribution is -0.274. The van der Waals surface area contributed by atoms with Crippen LogP contribution in [0.5, 0.6) is 0 Å². The Bertz CT molecular complexity index is 286. The third-order valence-electron chi connectivity index (χ3n) is 3.05. The van der Waals surface area contributed by atoms with Gasteiger partial charge in [0, 0.05) is 6.54 Å². The number of nitrogens with two attached hydrogens (primary N) is 1. The third-order valence-corrected chi connectivity index (χ3v) is 3.05. The van der Waals surface area contributed by atoms with Crippen LogP contribution >= 0.6 is 0 Å². The van der Waals surface area contributed by atoms with Crippen molar-refractivity contribution in [2.45, 2.75) is 44.6 Å². The molecule has 0 fully saturated rings. The highest BCUT2D eigenvalue weighted by atomic mass is 19.4. The van der Waals surface area contributed by atoms with Crippen molar-refractivity contribution < 1.29 is 31.1 Å². The van der Waals surface area contributed by atoms with E-state index >= 15 is 0 Å². The van der Waals surface area contributed by atoms with Crippen molar-refractivity contribution in [2.75, 3.05) is 6.54 Å². The van der Waals surface area contributed by atoms with Gasteiger partial charge in [-0.3, -0.25) is 4.79 Å². The highest BCUT2D eigenvalue weighted by Gasteiger charge is 2.61. The molecule has 0 aromatic rings. The maximum atomic E-state index is 12.3. The second-order valence-electron chi connectivity index (χ2n) is 4.20. The molecule has 0 aliphatic heterocycles. The molecule has 3 nitrogen and oxygen atoms in total. The summed E-state index contributed by atoms with van der Waals surface area (Å²) < 4.78 is 74.0. The molecule has 0 aromatic heterocycles. The molecule has 0 unspecified atom stereocenters. The molecule has 0 atom stereocenters. The van der Waals surface area contributed by atoms with E-state index in [0.29, 0.717) is 0 Å². The fourth-order valence-electron chi connectivity index (χ4n) is 1.58. The molecule has 9 heteroatoms. The van der Waals surface area contributed by atoms with Crippen LogP contribution in [0, 0.1) is 5.92 Å². The highest BCUT2D eigenvalue weighted by molar-refractivity contribution is 5.81. The molecule has 1 amide bonds. The van der Waals surface area contributed by atoms with E-state index in [1.807, 2.05) is 0 Å². The van der Waals surface area contributed by atoms with Crippen LogP contribution < -0.4 is 11.1 Å². The van der Waals surface area contributed by atoms with Gasteiger partial charge >= 0.3 is 12.4 Å². The molecular weight excluding hydrogens is 278 g/mol. The lowest BCUT2D eigenvalue weighted by Gasteiger charge is -2.34. The molecule has 0 heterocycles. The molecule has 19 heavy (non-hydrogen) atoms. The topological polar surface area (TPSA) is 55.1 Å². The Morgan fingerprint density at radius 2 is 1.42 bits per heavy atom. The summed E-state index contributed by atoms with van der Waals surface area (Å²) in [5, 5.41) is 1.79. The first-order valence-electron chi connectivity index (χ1n) is 5.59. The lowest BCUT2D eigenvalue weighted by atomic mass is 9.91. The van der Waals surface area contributed by atoms with E-state index < -0.39 is 29.7 Å². The van der Waals surface area contributed by atoms with Crippen LogP contribution in [0.4, 0.5) is 26.3 Å². The maximum Gasteiger partial charge on any atom is 0.409 e. The number of rotatable bonds is 5. The Labute approximate surface area is 106 Å². The zero-order chi connectivity index (χ0) is 15.5. The summed E-state index contributed by atoms with van der Waals surface area (Å²) in [5.74, 6) is -6.15. The summed E-state index contributed by atoms with van der Waals surface area (Å²) in [5.41, 5.74) is 4.06. The molecule has 0 saturated carbocycles. The first-order chi connectivity index (χ1) is 8.43. The highest BCUT2D eigenvalue weighted by Crippen LogP contribution is 2.39. The van der Waals surface area contributed by atoms with Crippen LogP contribution in [0.15, 0.2) is 0 Å².